The van der Waals surface area contributed by atoms with E-state index in [0.29, 0.717) is 18.6 Å². The van der Waals surface area contributed by atoms with Crippen LogP contribution in [0.3, 0.4) is 0 Å². The Bertz CT molecular complexity index is 406. The molecule has 5 nitrogen and oxygen atoms in total. The molecule has 0 aromatic carbocycles. The van der Waals surface area contributed by atoms with E-state index in [0.717, 1.165) is 51.4 Å². The number of carbonyl (C=O) groups excluding carboxylic acids is 1. The topological polar surface area (TPSA) is 83.5 Å². The monoisotopic (exact) mass is 358 g/mol. The van der Waals surface area contributed by atoms with Crippen molar-refractivity contribution in [3.63, 3.8) is 0 Å². The van der Waals surface area contributed by atoms with Gasteiger partial charge in [-0.25, -0.2) is 13.2 Å². The molecule has 22 heavy (non-hydrogen) atoms. The molecular weight excluding hydrogens is 331 g/mol. The Labute approximate surface area is 177 Å². The molecule has 124 valence electrons. The fourth-order valence-electron chi connectivity index (χ4n) is 1.91. The number of ether oxygens (including phenoxy) is 1. The number of carbonyl (C=O) groups is 1. The quantitative estimate of drug-likeness (QED) is 0.154. The van der Waals surface area contributed by atoms with Gasteiger partial charge in [0.2, 0.25) is 0 Å². The molecule has 0 heterocycles. The molecule has 0 rings (SSSR count). The van der Waals surface area contributed by atoms with Gasteiger partial charge in [0, 0.05) is 11.3 Å². The first-order valence-corrected chi connectivity index (χ1v) is 9.17. The van der Waals surface area contributed by atoms with Gasteiger partial charge in [-0.2, -0.15) is 0 Å². The molecule has 0 aliphatic carbocycles. The molecule has 0 amide bonds. The zero-order chi connectivity index (χ0) is 16.1. The first-order valence-electron chi connectivity index (χ1n) is 7.59. The van der Waals surface area contributed by atoms with Gasteiger partial charge in [0.15, 0.2) is 0 Å². The first kappa shape index (κ1) is 25.0. The van der Waals surface area contributed by atoms with Crippen molar-refractivity contribution in [2.24, 2.45) is 0 Å². The summed E-state index contributed by atoms with van der Waals surface area (Å²) in [6, 6.07) is 0. The maximum atomic E-state index is 11.1. The van der Waals surface area contributed by atoms with Crippen LogP contribution >= 0.6 is 0 Å². The van der Waals surface area contributed by atoms with Crippen LogP contribution in [0.15, 0.2) is 12.2 Å². The largest absolute Gasteiger partial charge is 1.00 e. The molecule has 0 aliphatic heterocycles. The summed E-state index contributed by atoms with van der Waals surface area (Å²) in [5.41, 5.74) is 0.430. The molecule has 0 saturated carbocycles. The number of hydrogen-bond acceptors (Lipinski definition) is 5. The first-order chi connectivity index (χ1) is 9.83. The van der Waals surface area contributed by atoms with E-state index < -0.39 is 10.1 Å². The van der Waals surface area contributed by atoms with Crippen molar-refractivity contribution in [1.29, 1.82) is 0 Å². The van der Waals surface area contributed by atoms with Crippen LogP contribution in [0, 0.1) is 0 Å². The van der Waals surface area contributed by atoms with Gasteiger partial charge >= 0.3 is 57.4 Å². The predicted octanol–water partition coefficient (Wildman–Crippen LogP) is 0.166. The van der Waals surface area contributed by atoms with E-state index in [-0.39, 0.29) is 63.1 Å². The molecule has 0 aromatic rings. The smallest absolute Gasteiger partial charge is 0.748 e. The van der Waals surface area contributed by atoms with Crippen LogP contribution in [0.25, 0.3) is 0 Å². The van der Waals surface area contributed by atoms with Crippen LogP contribution in [0.2, 0.25) is 0 Å². The third-order valence-electron chi connectivity index (χ3n) is 3.12. The Kier molecular flexibility index (Phi) is 17.4. The fraction of sp³-hybridized carbons (Fsp3) is 0.800. The summed E-state index contributed by atoms with van der Waals surface area (Å²) in [5.74, 6) is -0.564. The molecule has 0 fully saturated rings. The minimum absolute atomic E-state index is 0. The minimum Gasteiger partial charge on any atom is -0.748 e. The van der Waals surface area contributed by atoms with Gasteiger partial charge in [0.25, 0.3) is 0 Å². The van der Waals surface area contributed by atoms with E-state index >= 15 is 0 Å². The van der Waals surface area contributed by atoms with Crippen molar-refractivity contribution in [2.45, 2.75) is 64.7 Å². The Morgan fingerprint density at radius 2 is 1.36 bits per heavy atom. The third-order valence-corrected chi connectivity index (χ3v) is 3.91. The standard InChI is InChI=1S/C15H28O5S.K/c1-14(2)15(16)20-12-10-8-6-4-3-5-7-9-11-13-21(17,18)19;/h1,3-13H2,2H3,(H,17,18,19);/q;+1/p-1. The molecule has 0 aromatic heterocycles. The summed E-state index contributed by atoms with van der Waals surface area (Å²) in [6.45, 7) is 5.60. The number of hydrogen-bond donors (Lipinski definition) is 0. The molecule has 0 radical (unpaired) electrons. The van der Waals surface area contributed by atoms with Crippen LogP contribution in [-0.4, -0.2) is 31.3 Å². The SMILES string of the molecule is C=C(C)C(=O)OCCCCCCCCCCCS(=O)(=O)[O-].[K+]. The molecule has 0 unspecified atom stereocenters. The third kappa shape index (κ3) is 18.8. The molecule has 0 spiro atoms. The van der Waals surface area contributed by atoms with Crippen LogP contribution < -0.4 is 51.4 Å². The van der Waals surface area contributed by atoms with Crippen molar-refractivity contribution < 1.29 is 73.9 Å². The van der Waals surface area contributed by atoms with Gasteiger partial charge in [-0.05, 0) is 19.8 Å². The van der Waals surface area contributed by atoms with Crippen molar-refractivity contribution >= 4 is 16.1 Å². The zero-order valence-electron chi connectivity index (χ0n) is 13.9. The van der Waals surface area contributed by atoms with Gasteiger partial charge in [-0.15, -0.1) is 0 Å². The van der Waals surface area contributed by atoms with Crippen LogP contribution in [0.4, 0.5) is 0 Å². The summed E-state index contributed by atoms with van der Waals surface area (Å²) in [5, 5.41) is 0. The molecule has 0 atom stereocenters. The van der Waals surface area contributed by atoms with E-state index in [4.69, 9.17) is 4.74 Å². The van der Waals surface area contributed by atoms with Gasteiger partial charge in [-0.3, -0.25) is 0 Å². The number of unbranched alkanes of at least 4 members (excludes halogenated alkanes) is 8. The van der Waals surface area contributed by atoms with Crippen LogP contribution in [0.5, 0.6) is 0 Å². The van der Waals surface area contributed by atoms with Gasteiger partial charge in [0.1, 0.15) is 0 Å². The van der Waals surface area contributed by atoms with Crippen molar-refractivity contribution in [2.75, 3.05) is 12.4 Å². The average molecular weight is 359 g/mol. The normalized spacial score (nSPS) is 10.8. The number of esters is 1. The molecule has 0 bridgehead atoms. The zero-order valence-corrected chi connectivity index (χ0v) is 17.9. The van der Waals surface area contributed by atoms with Gasteiger partial charge in [-0.1, -0.05) is 51.5 Å². The fourth-order valence-corrected chi connectivity index (χ4v) is 2.46. The summed E-state index contributed by atoms with van der Waals surface area (Å²) in [7, 11) is -4.04. The van der Waals surface area contributed by atoms with E-state index in [9.17, 15) is 17.8 Å². The maximum Gasteiger partial charge on any atom is 1.00 e. The summed E-state index contributed by atoms with van der Waals surface area (Å²) < 4.78 is 36.1. The number of rotatable bonds is 13. The Morgan fingerprint density at radius 1 is 0.955 bits per heavy atom. The summed E-state index contributed by atoms with van der Waals surface area (Å²) in [4.78, 5) is 11.1. The molecule has 0 aliphatic rings. The van der Waals surface area contributed by atoms with E-state index in [1.807, 2.05) is 0 Å². The molecular formula is C15H27KO5S. The van der Waals surface area contributed by atoms with Crippen molar-refractivity contribution in [3.05, 3.63) is 12.2 Å². The average Bonchev–Trinajstić information content (AvgIpc) is 2.38. The van der Waals surface area contributed by atoms with Crippen LogP contribution in [-0.2, 0) is 19.6 Å². The Morgan fingerprint density at radius 3 is 1.77 bits per heavy atom. The summed E-state index contributed by atoms with van der Waals surface area (Å²) in [6.07, 6.45) is 8.61. The van der Waals surface area contributed by atoms with Crippen molar-refractivity contribution in [3.8, 4) is 0 Å². The molecule has 7 heteroatoms. The maximum absolute atomic E-state index is 11.1. The summed E-state index contributed by atoms with van der Waals surface area (Å²) >= 11 is 0. The predicted molar refractivity (Wildman–Crippen MR) is 81.9 cm³/mol. The molecule has 0 N–H and O–H groups in total. The second-order valence-electron chi connectivity index (χ2n) is 5.36. The van der Waals surface area contributed by atoms with Crippen LogP contribution in [0.1, 0.15) is 64.7 Å². The second-order valence-corrected chi connectivity index (χ2v) is 6.88. The van der Waals surface area contributed by atoms with E-state index in [1.54, 1.807) is 6.92 Å². The van der Waals surface area contributed by atoms with E-state index in [1.165, 1.54) is 0 Å². The second kappa shape index (κ2) is 15.3. The minimum atomic E-state index is -4.04. The Hall–Kier alpha value is 0.756. The van der Waals surface area contributed by atoms with Gasteiger partial charge in [0.05, 0.1) is 16.7 Å². The Balaban J connectivity index is 0. The molecule has 0 saturated heterocycles. The van der Waals surface area contributed by atoms with E-state index in [2.05, 4.69) is 6.58 Å². The van der Waals surface area contributed by atoms with Crippen molar-refractivity contribution in [1.82, 2.24) is 0 Å². The van der Waals surface area contributed by atoms with Gasteiger partial charge < -0.3 is 9.29 Å².